The molecule has 1 amide bonds. The molecule has 0 aliphatic heterocycles. The first-order chi connectivity index (χ1) is 8.91. The molecule has 2 aromatic rings. The molecule has 0 spiro atoms. The van der Waals surface area contributed by atoms with Crippen LogP contribution in [0.3, 0.4) is 0 Å². The van der Waals surface area contributed by atoms with E-state index in [0.29, 0.717) is 6.07 Å². The molecule has 1 N–H and O–H groups in total. The van der Waals surface area contributed by atoms with E-state index in [1.54, 1.807) is 0 Å². The summed E-state index contributed by atoms with van der Waals surface area (Å²) >= 11 is 0. The van der Waals surface area contributed by atoms with Gasteiger partial charge in [-0.15, -0.1) is 0 Å². The Hall–Kier alpha value is -2.31. The van der Waals surface area contributed by atoms with Crippen LogP contribution < -0.4 is 5.32 Å². The number of amides is 1. The molecule has 0 unspecified atom stereocenters. The SMILES string of the molecule is Cc1oncc1C(=O)Nc1cc(F)c(C)c(F)c1F. The number of aryl methyl sites for hydroxylation is 1. The summed E-state index contributed by atoms with van der Waals surface area (Å²) in [5, 5.41) is 5.45. The highest BCUT2D eigenvalue weighted by Gasteiger charge is 2.19. The quantitative estimate of drug-likeness (QED) is 0.853. The average Bonchev–Trinajstić information content (AvgIpc) is 2.79. The monoisotopic (exact) mass is 270 g/mol. The average molecular weight is 270 g/mol. The Bertz CT molecular complexity index is 653. The van der Waals surface area contributed by atoms with Gasteiger partial charge >= 0.3 is 0 Å². The number of benzene rings is 1. The summed E-state index contributed by atoms with van der Waals surface area (Å²) < 4.78 is 44.8. The molecular formula is C12H9F3N2O2. The molecule has 19 heavy (non-hydrogen) atoms. The van der Waals surface area contributed by atoms with Gasteiger partial charge in [0.05, 0.1) is 11.9 Å². The van der Waals surface area contributed by atoms with Crippen molar-refractivity contribution < 1.29 is 22.5 Å². The molecule has 0 bridgehead atoms. The van der Waals surface area contributed by atoms with Gasteiger partial charge in [0, 0.05) is 11.6 Å². The van der Waals surface area contributed by atoms with Gasteiger partial charge in [0.1, 0.15) is 17.1 Å². The zero-order valence-electron chi connectivity index (χ0n) is 10.1. The van der Waals surface area contributed by atoms with E-state index in [-0.39, 0.29) is 11.3 Å². The van der Waals surface area contributed by atoms with E-state index in [2.05, 4.69) is 15.0 Å². The first-order valence-electron chi connectivity index (χ1n) is 5.28. The normalized spacial score (nSPS) is 10.6. The van der Waals surface area contributed by atoms with E-state index in [1.165, 1.54) is 6.92 Å². The van der Waals surface area contributed by atoms with Crippen molar-refractivity contribution in [1.29, 1.82) is 0 Å². The van der Waals surface area contributed by atoms with E-state index in [1.807, 2.05) is 0 Å². The first-order valence-corrected chi connectivity index (χ1v) is 5.28. The smallest absolute Gasteiger partial charge is 0.260 e. The minimum atomic E-state index is -1.34. The van der Waals surface area contributed by atoms with Crippen LogP contribution in [0.4, 0.5) is 18.9 Å². The number of hydrogen-bond donors (Lipinski definition) is 1. The van der Waals surface area contributed by atoms with Crippen LogP contribution in [0.2, 0.25) is 0 Å². The number of halogens is 3. The summed E-state index contributed by atoms with van der Waals surface area (Å²) in [5.41, 5.74) is -0.969. The highest BCUT2D eigenvalue weighted by Crippen LogP contribution is 2.24. The third kappa shape index (κ3) is 2.31. The van der Waals surface area contributed by atoms with Gasteiger partial charge in [-0.25, -0.2) is 13.2 Å². The second-order valence-electron chi connectivity index (χ2n) is 3.91. The van der Waals surface area contributed by atoms with Gasteiger partial charge in [-0.3, -0.25) is 4.79 Å². The predicted octanol–water partition coefficient (Wildman–Crippen LogP) is 2.96. The maximum absolute atomic E-state index is 13.5. The van der Waals surface area contributed by atoms with Crippen LogP contribution >= 0.6 is 0 Å². The van der Waals surface area contributed by atoms with E-state index >= 15 is 0 Å². The second-order valence-corrected chi connectivity index (χ2v) is 3.91. The summed E-state index contributed by atoms with van der Waals surface area (Å²) in [5.74, 6) is -4.15. The zero-order chi connectivity index (χ0) is 14.2. The van der Waals surface area contributed by atoms with Gasteiger partial charge in [-0.05, 0) is 13.8 Å². The Labute approximate surface area is 106 Å². The van der Waals surface area contributed by atoms with Crippen molar-refractivity contribution in [2.45, 2.75) is 13.8 Å². The molecular weight excluding hydrogens is 261 g/mol. The molecule has 2 rings (SSSR count). The van der Waals surface area contributed by atoms with Crippen LogP contribution in [0.15, 0.2) is 16.8 Å². The van der Waals surface area contributed by atoms with Crippen molar-refractivity contribution in [3.63, 3.8) is 0 Å². The number of carbonyl (C=O) groups is 1. The van der Waals surface area contributed by atoms with Gasteiger partial charge in [-0.2, -0.15) is 0 Å². The van der Waals surface area contributed by atoms with Gasteiger partial charge in [-0.1, -0.05) is 5.16 Å². The number of rotatable bonds is 2. The third-order valence-corrected chi connectivity index (χ3v) is 2.63. The van der Waals surface area contributed by atoms with Crippen LogP contribution in [0.25, 0.3) is 0 Å². The highest BCUT2D eigenvalue weighted by molar-refractivity contribution is 6.04. The molecule has 1 aromatic carbocycles. The molecule has 4 nitrogen and oxygen atoms in total. The fourth-order valence-electron chi connectivity index (χ4n) is 1.48. The Morgan fingerprint density at radius 1 is 1.26 bits per heavy atom. The molecule has 7 heteroatoms. The summed E-state index contributed by atoms with van der Waals surface area (Å²) in [6.45, 7) is 2.58. The molecule has 0 fully saturated rings. The Balaban J connectivity index is 2.35. The predicted molar refractivity (Wildman–Crippen MR) is 60.2 cm³/mol. The van der Waals surface area contributed by atoms with Crippen LogP contribution in [0.1, 0.15) is 21.7 Å². The largest absolute Gasteiger partial charge is 0.361 e. The fourth-order valence-corrected chi connectivity index (χ4v) is 1.48. The zero-order valence-corrected chi connectivity index (χ0v) is 10.1. The Morgan fingerprint density at radius 2 is 1.95 bits per heavy atom. The summed E-state index contributed by atoms with van der Waals surface area (Å²) in [7, 11) is 0. The molecule has 1 heterocycles. The Kier molecular flexibility index (Phi) is 3.28. The first kappa shape index (κ1) is 13.1. The Morgan fingerprint density at radius 3 is 2.53 bits per heavy atom. The molecule has 0 radical (unpaired) electrons. The van der Waals surface area contributed by atoms with E-state index in [9.17, 15) is 18.0 Å². The number of aromatic nitrogens is 1. The number of carbonyl (C=O) groups excluding carboxylic acids is 1. The van der Waals surface area contributed by atoms with Crippen molar-refractivity contribution in [1.82, 2.24) is 5.16 Å². The maximum Gasteiger partial charge on any atom is 0.260 e. The number of nitrogens with one attached hydrogen (secondary N) is 1. The van der Waals surface area contributed by atoms with E-state index < -0.39 is 34.6 Å². The summed E-state index contributed by atoms with van der Waals surface area (Å²) in [6.07, 6.45) is 1.13. The van der Waals surface area contributed by atoms with E-state index in [0.717, 1.165) is 13.1 Å². The van der Waals surface area contributed by atoms with Crippen LogP contribution in [0, 0.1) is 31.3 Å². The highest BCUT2D eigenvalue weighted by atomic mass is 19.2. The maximum atomic E-state index is 13.5. The van der Waals surface area contributed by atoms with Crippen LogP contribution in [0.5, 0.6) is 0 Å². The molecule has 0 saturated heterocycles. The van der Waals surface area contributed by atoms with Crippen molar-refractivity contribution in [2.75, 3.05) is 5.32 Å². The van der Waals surface area contributed by atoms with Crippen LogP contribution in [-0.2, 0) is 0 Å². The number of anilines is 1. The lowest BCUT2D eigenvalue weighted by Gasteiger charge is -2.08. The fraction of sp³-hybridized carbons (Fsp3) is 0.167. The van der Waals surface area contributed by atoms with Crippen LogP contribution in [-0.4, -0.2) is 11.1 Å². The van der Waals surface area contributed by atoms with E-state index in [4.69, 9.17) is 0 Å². The molecule has 0 saturated carbocycles. The van der Waals surface area contributed by atoms with Crippen molar-refractivity contribution in [3.05, 3.63) is 46.6 Å². The molecule has 1 aromatic heterocycles. The topological polar surface area (TPSA) is 55.1 Å². The van der Waals surface area contributed by atoms with Gasteiger partial charge < -0.3 is 9.84 Å². The second kappa shape index (κ2) is 4.75. The molecule has 0 atom stereocenters. The molecule has 0 aliphatic rings. The lowest BCUT2D eigenvalue weighted by Crippen LogP contribution is -2.14. The number of nitrogens with zero attached hydrogens (tertiary/aromatic N) is 1. The lowest BCUT2D eigenvalue weighted by molar-refractivity contribution is 0.102. The summed E-state index contributed by atoms with van der Waals surface area (Å²) in [4.78, 5) is 11.7. The summed E-state index contributed by atoms with van der Waals surface area (Å²) in [6, 6.07) is 0.717. The molecule has 0 aliphatic carbocycles. The standard InChI is InChI=1S/C12H9F3N2O2/c1-5-8(13)3-9(11(15)10(5)14)17-12(18)7-4-16-19-6(7)2/h3-4H,1-2H3,(H,17,18). The third-order valence-electron chi connectivity index (χ3n) is 2.63. The minimum absolute atomic E-state index is 0.0563. The van der Waals surface area contributed by atoms with Crippen molar-refractivity contribution >= 4 is 11.6 Å². The molecule has 100 valence electrons. The number of hydrogen-bond acceptors (Lipinski definition) is 3. The van der Waals surface area contributed by atoms with Crippen molar-refractivity contribution in [2.24, 2.45) is 0 Å². The van der Waals surface area contributed by atoms with Crippen molar-refractivity contribution in [3.8, 4) is 0 Å². The minimum Gasteiger partial charge on any atom is -0.361 e. The van der Waals surface area contributed by atoms with Gasteiger partial charge in [0.25, 0.3) is 5.91 Å². The lowest BCUT2D eigenvalue weighted by atomic mass is 10.1. The van der Waals surface area contributed by atoms with Gasteiger partial charge in [0.15, 0.2) is 11.6 Å². The van der Waals surface area contributed by atoms with Gasteiger partial charge in [0.2, 0.25) is 0 Å².